The minimum absolute atomic E-state index is 0.0498. The minimum Gasteiger partial charge on any atom is -0.481 e. The fraction of sp³-hybridized carbons (Fsp3) is 0.591. The topological polar surface area (TPSA) is 92.7 Å². The van der Waals surface area contributed by atoms with Gasteiger partial charge in [0.2, 0.25) is 5.91 Å². The molecule has 1 fully saturated rings. The van der Waals surface area contributed by atoms with Crippen LogP contribution < -0.4 is 5.32 Å². The number of allylic oxidation sites excluding steroid dienone is 2. The summed E-state index contributed by atoms with van der Waals surface area (Å²) >= 11 is 1.45. The van der Waals surface area contributed by atoms with Crippen LogP contribution in [0.4, 0.5) is 5.00 Å². The number of carboxylic acids is 1. The van der Waals surface area contributed by atoms with Crippen molar-refractivity contribution in [1.82, 2.24) is 0 Å². The van der Waals surface area contributed by atoms with Gasteiger partial charge in [-0.15, -0.1) is 11.3 Å². The molecule has 4 rings (SSSR count). The Morgan fingerprint density at radius 1 is 1.21 bits per heavy atom. The normalized spacial score (nSPS) is 29.5. The molecule has 0 saturated heterocycles. The molecule has 1 saturated carbocycles. The highest BCUT2D eigenvalue weighted by Gasteiger charge is 2.51. The lowest BCUT2D eigenvalue weighted by Crippen LogP contribution is -2.36. The molecule has 3 aliphatic rings. The van der Waals surface area contributed by atoms with Crippen LogP contribution in [0, 0.1) is 29.6 Å². The van der Waals surface area contributed by atoms with Crippen LogP contribution in [0.15, 0.2) is 12.2 Å². The van der Waals surface area contributed by atoms with Gasteiger partial charge in [-0.05, 0) is 55.9 Å². The first-order valence-electron chi connectivity index (χ1n) is 10.5. The molecule has 5 atom stereocenters. The van der Waals surface area contributed by atoms with Gasteiger partial charge in [-0.25, -0.2) is 4.79 Å². The molecule has 7 heteroatoms. The van der Waals surface area contributed by atoms with Crippen molar-refractivity contribution in [3.63, 3.8) is 0 Å². The highest BCUT2D eigenvalue weighted by molar-refractivity contribution is 7.17. The van der Waals surface area contributed by atoms with E-state index in [9.17, 15) is 19.5 Å². The Morgan fingerprint density at radius 2 is 1.93 bits per heavy atom. The van der Waals surface area contributed by atoms with Crippen LogP contribution in [0.3, 0.4) is 0 Å². The third kappa shape index (κ3) is 3.50. The molecule has 1 aromatic heterocycles. The highest BCUT2D eigenvalue weighted by atomic mass is 32.1. The average Bonchev–Trinajstić information content (AvgIpc) is 3.39. The van der Waals surface area contributed by atoms with Gasteiger partial charge >= 0.3 is 11.9 Å². The molecule has 6 nitrogen and oxygen atoms in total. The zero-order chi connectivity index (χ0) is 20.7. The first-order valence-corrected chi connectivity index (χ1v) is 11.3. The summed E-state index contributed by atoms with van der Waals surface area (Å²) in [6, 6.07) is 0. The van der Waals surface area contributed by atoms with Crippen LogP contribution in [0.5, 0.6) is 0 Å². The van der Waals surface area contributed by atoms with Gasteiger partial charge in [-0.2, -0.15) is 0 Å². The van der Waals surface area contributed by atoms with Crippen LogP contribution in [0.2, 0.25) is 0 Å². The third-order valence-corrected chi connectivity index (χ3v) is 7.88. The summed E-state index contributed by atoms with van der Waals surface area (Å²) in [6.45, 7) is 4.21. The number of carboxylic acid groups (broad SMARTS) is 1. The number of nitrogens with one attached hydrogen (secondary N) is 1. The van der Waals surface area contributed by atoms with Crippen molar-refractivity contribution < 1.29 is 24.2 Å². The number of thiophene rings is 1. The Balaban J connectivity index is 1.63. The van der Waals surface area contributed by atoms with Gasteiger partial charge in [-0.1, -0.05) is 25.5 Å². The molecule has 0 unspecified atom stereocenters. The molecule has 156 valence electrons. The van der Waals surface area contributed by atoms with E-state index in [2.05, 4.69) is 12.2 Å². The van der Waals surface area contributed by atoms with Crippen LogP contribution in [0.25, 0.3) is 0 Å². The second kappa shape index (κ2) is 7.94. The molecule has 0 aliphatic heterocycles. The molecule has 1 heterocycles. The first kappa shape index (κ1) is 20.1. The van der Waals surface area contributed by atoms with Crippen LogP contribution in [-0.4, -0.2) is 29.6 Å². The van der Waals surface area contributed by atoms with E-state index in [1.807, 2.05) is 12.2 Å². The van der Waals surface area contributed by atoms with E-state index < -0.39 is 23.8 Å². The fourth-order valence-electron chi connectivity index (χ4n) is 5.22. The van der Waals surface area contributed by atoms with E-state index in [-0.39, 0.29) is 24.3 Å². The number of ether oxygens (including phenoxy) is 1. The molecule has 3 aliphatic carbocycles. The lowest BCUT2D eigenvalue weighted by atomic mass is 9.82. The summed E-state index contributed by atoms with van der Waals surface area (Å²) in [6.07, 6.45) is 8.43. The lowest BCUT2D eigenvalue weighted by molar-refractivity contribution is -0.146. The van der Waals surface area contributed by atoms with E-state index in [1.54, 1.807) is 6.92 Å². The van der Waals surface area contributed by atoms with Gasteiger partial charge in [0, 0.05) is 4.88 Å². The molecule has 0 spiro atoms. The standard InChI is InChI=1S/C22H27NO5S/c1-3-11-5-8-14-15(9-11)29-20(18(14)22(27)28-4-2)23-19(24)16-12-6-7-13(10-12)17(16)21(25)26/h6-7,11-13,16-17H,3-5,8-10H2,1-2H3,(H,23,24)(H,25,26)/t11-,12-,13-,16+,17+/m0/s1. The second-order valence-electron chi connectivity index (χ2n) is 8.27. The molecular weight excluding hydrogens is 390 g/mol. The van der Waals surface area contributed by atoms with E-state index in [4.69, 9.17) is 4.74 Å². The Bertz CT molecular complexity index is 873. The largest absolute Gasteiger partial charge is 0.481 e. The molecule has 1 aromatic rings. The number of aliphatic carboxylic acids is 1. The van der Waals surface area contributed by atoms with Crippen molar-refractivity contribution in [3.8, 4) is 0 Å². The summed E-state index contributed by atoms with van der Waals surface area (Å²) in [5, 5.41) is 13.1. The average molecular weight is 418 g/mol. The molecule has 0 radical (unpaired) electrons. The predicted octanol–water partition coefficient (Wildman–Crippen LogP) is 3.90. The molecule has 2 N–H and O–H groups in total. The number of rotatable bonds is 6. The van der Waals surface area contributed by atoms with Crippen molar-refractivity contribution >= 4 is 34.2 Å². The third-order valence-electron chi connectivity index (χ3n) is 6.71. The smallest absolute Gasteiger partial charge is 0.341 e. The maximum Gasteiger partial charge on any atom is 0.341 e. The monoisotopic (exact) mass is 417 g/mol. The van der Waals surface area contributed by atoms with Crippen LogP contribution >= 0.6 is 11.3 Å². The van der Waals surface area contributed by atoms with Crippen LogP contribution in [-0.2, 0) is 27.2 Å². The van der Waals surface area contributed by atoms with Crippen molar-refractivity contribution in [2.75, 3.05) is 11.9 Å². The van der Waals surface area contributed by atoms with E-state index >= 15 is 0 Å². The van der Waals surface area contributed by atoms with Gasteiger partial charge in [-0.3, -0.25) is 9.59 Å². The van der Waals surface area contributed by atoms with Crippen LogP contribution in [0.1, 0.15) is 53.9 Å². The maximum atomic E-state index is 13.1. The number of carbonyl (C=O) groups excluding carboxylic acids is 2. The van der Waals surface area contributed by atoms with Gasteiger partial charge in [0.1, 0.15) is 5.00 Å². The Kier molecular flexibility index (Phi) is 5.51. The number of amides is 1. The van der Waals surface area contributed by atoms with Gasteiger partial charge in [0.15, 0.2) is 0 Å². The predicted molar refractivity (Wildman–Crippen MR) is 110 cm³/mol. The summed E-state index contributed by atoms with van der Waals surface area (Å²) in [5.41, 5.74) is 1.47. The Morgan fingerprint density at radius 3 is 2.59 bits per heavy atom. The molecule has 1 amide bonds. The summed E-state index contributed by atoms with van der Waals surface area (Å²) < 4.78 is 5.27. The highest BCUT2D eigenvalue weighted by Crippen LogP contribution is 2.49. The second-order valence-corrected chi connectivity index (χ2v) is 9.38. The van der Waals surface area contributed by atoms with Gasteiger partial charge < -0.3 is 15.2 Å². The zero-order valence-electron chi connectivity index (χ0n) is 16.8. The molecule has 29 heavy (non-hydrogen) atoms. The Hall–Kier alpha value is -2.15. The number of esters is 1. The summed E-state index contributed by atoms with van der Waals surface area (Å²) in [4.78, 5) is 38.7. The van der Waals surface area contributed by atoms with Gasteiger partial charge in [0.05, 0.1) is 24.0 Å². The summed E-state index contributed by atoms with van der Waals surface area (Å²) in [5.74, 6) is -2.47. The van der Waals surface area contributed by atoms with Crippen molar-refractivity contribution in [2.45, 2.75) is 46.0 Å². The number of fused-ring (bicyclic) bond motifs is 3. The van der Waals surface area contributed by atoms with Crippen molar-refractivity contribution in [2.24, 2.45) is 29.6 Å². The minimum atomic E-state index is -0.927. The van der Waals surface area contributed by atoms with Gasteiger partial charge in [0.25, 0.3) is 0 Å². The molecule has 0 aromatic carbocycles. The van der Waals surface area contributed by atoms with E-state index in [1.165, 1.54) is 11.3 Å². The number of hydrogen-bond acceptors (Lipinski definition) is 5. The number of hydrogen-bond donors (Lipinski definition) is 2. The van der Waals surface area contributed by atoms with Crippen molar-refractivity contribution in [3.05, 3.63) is 28.2 Å². The number of anilines is 1. The molecule has 2 bridgehead atoms. The maximum absolute atomic E-state index is 13.1. The Labute approximate surface area is 174 Å². The van der Waals surface area contributed by atoms with E-state index in [0.717, 1.165) is 36.1 Å². The first-order chi connectivity index (χ1) is 13.9. The zero-order valence-corrected chi connectivity index (χ0v) is 17.6. The van der Waals surface area contributed by atoms with E-state index in [0.29, 0.717) is 22.9 Å². The molecular formula is C22H27NO5S. The van der Waals surface area contributed by atoms with Crippen molar-refractivity contribution in [1.29, 1.82) is 0 Å². The fourth-order valence-corrected chi connectivity index (χ4v) is 6.57. The lowest BCUT2D eigenvalue weighted by Gasteiger charge is -2.23. The number of carbonyl (C=O) groups is 3. The quantitative estimate of drug-likeness (QED) is 0.541. The summed E-state index contributed by atoms with van der Waals surface area (Å²) in [7, 11) is 0. The SMILES string of the molecule is CCOC(=O)c1c(NC(=O)[C@H]2[C@H](C(=O)O)[C@H]3C=C[C@H]2C3)sc2c1CC[C@H](CC)C2.